The fourth-order valence-electron chi connectivity index (χ4n) is 1.22. The summed E-state index contributed by atoms with van der Waals surface area (Å²) in [5.74, 6) is 0.532. The molecule has 0 saturated heterocycles. The number of carbonyl (C=O) groups is 1. The highest BCUT2D eigenvalue weighted by Crippen LogP contribution is 2.27. The van der Waals surface area contributed by atoms with Crippen LogP contribution >= 0.6 is 34.9 Å². The van der Waals surface area contributed by atoms with Gasteiger partial charge < -0.3 is 4.57 Å². The van der Waals surface area contributed by atoms with Gasteiger partial charge in [0.25, 0.3) is 0 Å². The molecule has 4 nitrogen and oxygen atoms in total. The standard InChI is InChI=1S/C10H11N3OS3/c1-13-4-3-7(5-13)8(14)6-16-10-12-11-9(15-2)17-10/h3-5H,6H2,1-2H3. The van der Waals surface area contributed by atoms with E-state index >= 15 is 0 Å². The van der Waals surface area contributed by atoms with Crippen LogP contribution in [0.5, 0.6) is 0 Å². The number of aryl methyl sites for hydroxylation is 1. The van der Waals surface area contributed by atoms with Crippen molar-refractivity contribution in [1.82, 2.24) is 14.8 Å². The van der Waals surface area contributed by atoms with Crippen molar-refractivity contribution < 1.29 is 4.79 Å². The van der Waals surface area contributed by atoms with E-state index in [4.69, 9.17) is 0 Å². The molecule has 0 bridgehead atoms. The molecule has 90 valence electrons. The maximum Gasteiger partial charge on any atom is 0.175 e. The lowest BCUT2D eigenvalue weighted by Crippen LogP contribution is -2.00. The molecule has 0 spiro atoms. The highest BCUT2D eigenvalue weighted by atomic mass is 32.2. The SMILES string of the molecule is CSc1nnc(SCC(=O)c2ccn(C)c2)s1. The molecule has 0 saturated carbocycles. The third kappa shape index (κ3) is 3.34. The summed E-state index contributed by atoms with van der Waals surface area (Å²) in [6, 6.07) is 1.83. The molecule has 0 atom stereocenters. The average molecular weight is 285 g/mol. The maximum absolute atomic E-state index is 11.8. The molecule has 7 heteroatoms. The van der Waals surface area contributed by atoms with E-state index in [0.29, 0.717) is 5.75 Å². The summed E-state index contributed by atoms with van der Waals surface area (Å²) in [5, 5.41) is 8.00. The zero-order valence-electron chi connectivity index (χ0n) is 9.41. The number of Topliss-reactive ketones (excluding diaryl/α,β-unsaturated/α-hetero) is 1. The largest absolute Gasteiger partial charge is 0.357 e. The zero-order valence-corrected chi connectivity index (χ0v) is 11.9. The average Bonchev–Trinajstić information content (AvgIpc) is 2.94. The van der Waals surface area contributed by atoms with Crippen LogP contribution in [0.3, 0.4) is 0 Å². The summed E-state index contributed by atoms with van der Waals surface area (Å²) in [5.41, 5.74) is 0.745. The fraction of sp³-hybridized carbons (Fsp3) is 0.300. The Morgan fingerprint density at radius 3 is 2.82 bits per heavy atom. The van der Waals surface area contributed by atoms with Crippen molar-refractivity contribution in [2.45, 2.75) is 8.68 Å². The van der Waals surface area contributed by atoms with E-state index in [0.717, 1.165) is 14.2 Å². The van der Waals surface area contributed by atoms with Crippen LogP contribution in [-0.2, 0) is 7.05 Å². The van der Waals surface area contributed by atoms with Crippen LogP contribution in [-0.4, -0.2) is 32.6 Å². The molecule has 0 fully saturated rings. The van der Waals surface area contributed by atoms with Crippen LogP contribution in [0.2, 0.25) is 0 Å². The summed E-state index contributed by atoms with van der Waals surface area (Å²) in [7, 11) is 1.90. The third-order valence-electron chi connectivity index (χ3n) is 2.04. The van der Waals surface area contributed by atoms with Crippen LogP contribution < -0.4 is 0 Å². The molecule has 0 radical (unpaired) electrons. The first kappa shape index (κ1) is 12.7. The lowest BCUT2D eigenvalue weighted by molar-refractivity contribution is 0.102. The molecule has 2 heterocycles. The lowest BCUT2D eigenvalue weighted by Gasteiger charge is -1.94. The predicted octanol–water partition coefficient (Wildman–Crippen LogP) is 2.57. The normalized spacial score (nSPS) is 10.7. The monoisotopic (exact) mass is 285 g/mol. The Balaban J connectivity index is 1.92. The summed E-state index contributed by atoms with van der Waals surface area (Å²) in [6.45, 7) is 0. The van der Waals surface area contributed by atoms with Gasteiger partial charge in [0.1, 0.15) is 0 Å². The first-order valence-electron chi connectivity index (χ1n) is 4.84. The number of rotatable bonds is 5. The van der Waals surface area contributed by atoms with Gasteiger partial charge in [-0.05, 0) is 12.3 Å². The van der Waals surface area contributed by atoms with E-state index in [1.807, 2.05) is 36.3 Å². The van der Waals surface area contributed by atoms with Gasteiger partial charge in [0, 0.05) is 25.0 Å². The van der Waals surface area contributed by atoms with Crippen molar-refractivity contribution in [3.05, 3.63) is 24.0 Å². The molecule has 2 rings (SSSR count). The summed E-state index contributed by atoms with van der Waals surface area (Å²) >= 11 is 4.53. The molecule has 0 aliphatic carbocycles. The van der Waals surface area contributed by atoms with E-state index in [1.54, 1.807) is 11.8 Å². The minimum absolute atomic E-state index is 0.122. The molecule has 0 unspecified atom stereocenters. The highest BCUT2D eigenvalue weighted by molar-refractivity contribution is 8.03. The zero-order chi connectivity index (χ0) is 12.3. The number of ketones is 1. The van der Waals surface area contributed by atoms with E-state index < -0.39 is 0 Å². The van der Waals surface area contributed by atoms with Gasteiger partial charge in [-0.15, -0.1) is 10.2 Å². The van der Waals surface area contributed by atoms with Gasteiger partial charge in [-0.2, -0.15) is 0 Å². The number of carbonyl (C=O) groups excluding carboxylic acids is 1. The van der Waals surface area contributed by atoms with Crippen LogP contribution in [0.1, 0.15) is 10.4 Å². The van der Waals surface area contributed by atoms with Crippen LogP contribution in [0, 0.1) is 0 Å². The Labute approximate surface area is 112 Å². The van der Waals surface area contributed by atoms with Crippen molar-refractivity contribution >= 4 is 40.6 Å². The molecular formula is C10H11N3OS3. The minimum atomic E-state index is 0.122. The van der Waals surface area contributed by atoms with Crippen LogP contribution in [0.4, 0.5) is 0 Å². The number of hydrogen-bond donors (Lipinski definition) is 0. The van der Waals surface area contributed by atoms with E-state index in [-0.39, 0.29) is 5.78 Å². The second-order valence-electron chi connectivity index (χ2n) is 3.32. The van der Waals surface area contributed by atoms with Crippen molar-refractivity contribution in [2.75, 3.05) is 12.0 Å². The first-order chi connectivity index (χ1) is 8.19. The third-order valence-corrected chi connectivity index (χ3v) is 5.08. The van der Waals surface area contributed by atoms with Gasteiger partial charge in [-0.3, -0.25) is 4.79 Å². The smallest absolute Gasteiger partial charge is 0.175 e. The topological polar surface area (TPSA) is 47.8 Å². The molecular weight excluding hydrogens is 274 g/mol. The summed E-state index contributed by atoms with van der Waals surface area (Å²) < 4.78 is 3.65. The molecule has 0 aliphatic heterocycles. The number of thioether (sulfide) groups is 2. The van der Waals surface area contributed by atoms with Crippen molar-refractivity contribution in [2.24, 2.45) is 7.05 Å². The lowest BCUT2D eigenvalue weighted by atomic mass is 10.2. The second-order valence-corrected chi connectivity index (χ2v) is 6.57. The molecule has 17 heavy (non-hydrogen) atoms. The quantitative estimate of drug-likeness (QED) is 0.624. The number of hydrogen-bond acceptors (Lipinski definition) is 6. The van der Waals surface area contributed by atoms with Gasteiger partial charge in [0.15, 0.2) is 14.5 Å². The van der Waals surface area contributed by atoms with Crippen molar-refractivity contribution in [3.63, 3.8) is 0 Å². The Kier molecular flexibility index (Phi) is 4.25. The van der Waals surface area contributed by atoms with Crippen LogP contribution in [0.25, 0.3) is 0 Å². The van der Waals surface area contributed by atoms with Crippen LogP contribution in [0.15, 0.2) is 27.1 Å². The fourth-order valence-corrected chi connectivity index (χ4v) is 3.55. The summed E-state index contributed by atoms with van der Waals surface area (Å²) in [6.07, 6.45) is 5.66. The molecule has 2 aromatic rings. The van der Waals surface area contributed by atoms with Gasteiger partial charge in [-0.1, -0.05) is 34.9 Å². The van der Waals surface area contributed by atoms with E-state index in [2.05, 4.69) is 10.2 Å². The minimum Gasteiger partial charge on any atom is -0.357 e. The number of nitrogens with zero attached hydrogens (tertiary/aromatic N) is 3. The molecule has 0 aromatic carbocycles. The molecule has 0 amide bonds. The maximum atomic E-state index is 11.8. The summed E-state index contributed by atoms with van der Waals surface area (Å²) in [4.78, 5) is 11.8. The molecule has 0 aliphatic rings. The van der Waals surface area contributed by atoms with Gasteiger partial charge in [0.05, 0.1) is 5.75 Å². The van der Waals surface area contributed by atoms with Gasteiger partial charge in [-0.25, -0.2) is 0 Å². The Hall–Kier alpha value is -0.790. The van der Waals surface area contributed by atoms with Gasteiger partial charge in [0.2, 0.25) is 0 Å². The highest BCUT2D eigenvalue weighted by Gasteiger charge is 2.10. The van der Waals surface area contributed by atoms with Crippen molar-refractivity contribution in [1.29, 1.82) is 0 Å². The Morgan fingerprint density at radius 2 is 2.24 bits per heavy atom. The molecule has 2 aromatic heterocycles. The van der Waals surface area contributed by atoms with Crippen molar-refractivity contribution in [3.8, 4) is 0 Å². The second kappa shape index (κ2) is 5.70. The number of aromatic nitrogens is 3. The van der Waals surface area contributed by atoms with E-state index in [9.17, 15) is 4.79 Å². The Bertz CT molecular complexity index is 520. The Morgan fingerprint density at radius 1 is 1.47 bits per heavy atom. The van der Waals surface area contributed by atoms with Gasteiger partial charge >= 0.3 is 0 Å². The van der Waals surface area contributed by atoms with E-state index in [1.165, 1.54) is 23.1 Å². The predicted molar refractivity (Wildman–Crippen MR) is 72.2 cm³/mol. The molecule has 0 N–H and O–H groups in total. The first-order valence-corrected chi connectivity index (χ1v) is 7.87.